The van der Waals surface area contributed by atoms with E-state index in [-0.39, 0.29) is 23.3 Å². The number of nitrogens with two attached hydrogens (primary N) is 1. The zero-order valence-electron chi connectivity index (χ0n) is 18.0. The molecular formula is C24H20F3N5O2. The average Bonchev–Trinajstić information content (AvgIpc) is 3.57. The predicted molar refractivity (Wildman–Crippen MR) is 121 cm³/mol. The normalized spacial score (nSPS) is 17.1. The Morgan fingerprint density at radius 3 is 2.65 bits per heavy atom. The number of nitrogens with zero attached hydrogens (tertiary/aromatic N) is 2. The Hall–Kier alpha value is -4.13. The fourth-order valence-electron chi connectivity index (χ4n) is 3.77. The van der Waals surface area contributed by atoms with Gasteiger partial charge in [-0.2, -0.15) is 18.4 Å². The van der Waals surface area contributed by atoms with E-state index in [0.717, 1.165) is 16.5 Å². The van der Waals surface area contributed by atoms with Gasteiger partial charge in [0.25, 0.3) is 5.91 Å². The molecule has 4 rings (SSSR count). The molecule has 7 nitrogen and oxygen atoms in total. The maximum Gasteiger partial charge on any atom is 0.405 e. The number of nitriles is 1. The first-order valence-corrected chi connectivity index (χ1v) is 10.4. The van der Waals surface area contributed by atoms with Crippen LogP contribution in [0.1, 0.15) is 22.3 Å². The average molecular weight is 467 g/mol. The van der Waals surface area contributed by atoms with Gasteiger partial charge in [-0.05, 0) is 65.8 Å². The van der Waals surface area contributed by atoms with Gasteiger partial charge < -0.3 is 16.4 Å². The summed E-state index contributed by atoms with van der Waals surface area (Å²) in [5, 5.41) is 14.9. The predicted octanol–water partition coefficient (Wildman–Crippen LogP) is 4.18. The number of amides is 2. The van der Waals surface area contributed by atoms with Crippen molar-refractivity contribution in [2.24, 2.45) is 11.8 Å². The number of benzene rings is 2. The maximum atomic E-state index is 12.4. The minimum atomic E-state index is -4.49. The van der Waals surface area contributed by atoms with Crippen LogP contribution in [0.15, 0.2) is 42.6 Å². The van der Waals surface area contributed by atoms with Gasteiger partial charge in [0.1, 0.15) is 12.4 Å². The number of aromatic nitrogens is 1. The van der Waals surface area contributed by atoms with Crippen LogP contribution in [-0.4, -0.2) is 29.5 Å². The highest BCUT2D eigenvalue weighted by Crippen LogP contribution is 2.38. The molecular weight excluding hydrogens is 447 g/mol. The third-order valence-electron chi connectivity index (χ3n) is 5.66. The first-order valence-electron chi connectivity index (χ1n) is 10.4. The first-order chi connectivity index (χ1) is 16.1. The molecule has 2 amide bonds. The molecule has 174 valence electrons. The molecule has 2 aromatic carbocycles. The summed E-state index contributed by atoms with van der Waals surface area (Å²) in [5.74, 6) is -1.31. The van der Waals surface area contributed by atoms with E-state index in [1.165, 1.54) is 12.1 Å². The Morgan fingerprint density at radius 1 is 1.24 bits per heavy atom. The number of nitrogen functional groups attached to an aromatic ring is 1. The lowest BCUT2D eigenvalue weighted by Crippen LogP contribution is -2.33. The number of aryl methyl sites for hydroxylation is 1. The quantitative estimate of drug-likeness (QED) is 0.486. The van der Waals surface area contributed by atoms with E-state index in [1.54, 1.807) is 31.3 Å². The van der Waals surface area contributed by atoms with Crippen molar-refractivity contribution in [1.29, 1.82) is 5.26 Å². The van der Waals surface area contributed by atoms with Gasteiger partial charge in [0.15, 0.2) is 0 Å². The van der Waals surface area contributed by atoms with Gasteiger partial charge >= 0.3 is 6.18 Å². The number of carbonyl (C=O) groups is 2. The number of pyridine rings is 1. The summed E-state index contributed by atoms with van der Waals surface area (Å²) in [6.07, 6.45) is -2.40. The Labute approximate surface area is 192 Å². The second-order valence-electron chi connectivity index (χ2n) is 8.25. The van der Waals surface area contributed by atoms with Crippen molar-refractivity contribution in [2.45, 2.75) is 19.5 Å². The summed E-state index contributed by atoms with van der Waals surface area (Å²) < 4.78 is 37.1. The summed E-state index contributed by atoms with van der Waals surface area (Å²) in [6, 6.07) is 12.0. The van der Waals surface area contributed by atoms with Crippen LogP contribution in [0.25, 0.3) is 21.9 Å². The number of fused-ring (bicyclic) bond motifs is 1. The summed E-state index contributed by atoms with van der Waals surface area (Å²) in [4.78, 5) is 28.5. The minimum Gasteiger partial charge on any atom is -0.398 e. The van der Waals surface area contributed by atoms with Crippen LogP contribution in [0.2, 0.25) is 0 Å². The fourth-order valence-corrected chi connectivity index (χ4v) is 3.77. The van der Waals surface area contributed by atoms with Gasteiger partial charge in [-0.3, -0.25) is 9.59 Å². The molecule has 1 fully saturated rings. The number of hydrogen-bond acceptors (Lipinski definition) is 5. The summed E-state index contributed by atoms with van der Waals surface area (Å²) >= 11 is 0. The van der Waals surface area contributed by atoms with Crippen molar-refractivity contribution in [2.75, 3.05) is 17.6 Å². The smallest absolute Gasteiger partial charge is 0.398 e. The highest BCUT2D eigenvalue weighted by Gasteiger charge is 2.43. The molecule has 2 unspecified atom stereocenters. The molecule has 1 heterocycles. The molecule has 0 bridgehead atoms. The number of alkyl halides is 3. The van der Waals surface area contributed by atoms with Crippen LogP contribution < -0.4 is 16.4 Å². The summed E-state index contributed by atoms with van der Waals surface area (Å²) in [7, 11) is 0. The van der Waals surface area contributed by atoms with Crippen molar-refractivity contribution < 1.29 is 22.8 Å². The van der Waals surface area contributed by atoms with Crippen molar-refractivity contribution in [3.8, 4) is 17.2 Å². The highest BCUT2D eigenvalue weighted by molar-refractivity contribution is 6.01. The van der Waals surface area contributed by atoms with Crippen LogP contribution in [0.3, 0.4) is 0 Å². The molecule has 0 spiro atoms. The first kappa shape index (κ1) is 23.0. The lowest BCUT2D eigenvalue weighted by Gasteiger charge is -2.13. The molecule has 10 heteroatoms. The van der Waals surface area contributed by atoms with Crippen LogP contribution in [0, 0.1) is 30.1 Å². The molecule has 1 saturated carbocycles. The molecule has 3 aromatic rings. The molecule has 0 saturated heterocycles. The molecule has 1 aliphatic carbocycles. The van der Waals surface area contributed by atoms with Gasteiger partial charge in [0, 0.05) is 22.8 Å². The number of hydrogen-bond donors (Lipinski definition) is 3. The second-order valence-corrected chi connectivity index (χ2v) is 8.25. The number of carbonyl (C=O) groups excluding carboxylic acids is 2. The zero-order valence-corrected chi connectivity index (χ0v) is 18.0. The SMILES string of the molecule is Cc1cc(C(=O)NCC(F)(F)F)ccc1-c1cc(N)c2cnc(NC(=O)C3CC3C#N)cc2c1. The van der Waals surface area contributed by atoms with Crippen molar-refractivity contribution >= 4 is 34.1 Å². The van der Waals surface area contributed by atoms with E-state index in [1.807, 2.05) is 11.4 Å². The van der Waals surface area contributed by atoms with Crippen LogP contribution >= 0.6 is 0 Å². The molecule has 2 atom stereocenters. The fraction of sp³-hybridized carbons (Fsp3) is 0.250. The van der Waals surface area contributed by atoms with E-state index in [0.29, 0.717) is 28.9 Å². The molecule has 0 radical (unpaired) electrons. The summed E-state index contributed by atoms with van der Waals surface area (Å²) in [5.41, 5.74) is 8.95. The van der Waals surface area contributed by atoms with Gasteiger partial charge in [-0.1, -0.05) is 6.07 Å². The monoisotopic (exact) mass is 467 g/mol. The third kappa shape index (κ3) is 4.93. The Bertz CT molecular complexity index is 1350. The highest BCUT2D eigenvalue weighted by atomic mass is 19.4. The Morgan fingerprint density at radius 2 is 2.00 bits per heavy atom. The van der Waals surface area contributed by atoms with Crippen LogP contribution in [-0.2, 0) is 4.79 Å². The number of nitrogens with one attached hydrogen (secondary N) is 2. The number of anilines is 2. The van der Waals surface area contributed by atoms with Crippen molar-refractivity contribution in [1.82, 2.24) is 10.3 Å². The van der Waals surface area contributed by atoms with Crippen molar-refractivity contribution in [3.05, 3.63) is 53.7 Å². The zero-order chi connectivity index (χ0) is 24.6. The van der Waals surface area contributed by atoms with Gasteiger partial charge in [0.05, 0.1) is 17.9 Å². The van der Waals surface area contributed by atoms with Crippen molar-refractivity contribution in [3.63, 3.8) is 0 Å². The molecule has 1 aromatic heterocycles. The minimum absolute atomic E-state index is 0.115. The lowest BCUT2D eigenvalue weighted by molar-refractivity contribution is -0.123. The molecule has 0 aliphatic heterocycles. The van der Waals surface area contributed by atoms with Gasteiger partial charge in [0.2, 0.25) is 5.91 Å². The number of halogens is 3. The van der Waals surface area contributed by atoms with Crippen LogP contribution in [0.5, 0.6) is 0 Å². The second kappa shape index (κ2) is 8.67. The maximum absolute atomic E-state index is 12.4. The summed E-state index contributed by atoms with van der Waals surface area (Å²) in [6.45, 7) is 0.342. The lowest BCUT2D eigenvalue weighted by atomic mass is 9.95. The van der Waals surface area contributed by atoms with E-state index in [2.05, 4.69) is 16.4 Å². The topological polar surface area (TPSA) is 121 Å². The largest absolute Gasteiger partial charge is 0.405 e. The standard InChI is InChI=1S/C24H20F3N5O2/c1-12-4-13(22(33)31-11-24(25,26)27)2-3-17(12)14-5-15-8-21(30-10-19(15)20(29)7-14)32-23(34)18-6-16(18)9-28/h2-5,7-8,10,16,18H,6,11,29H2,1H3,(H,31,33)(H,30,32,34). The molecule has 1 aliphatic rings. The number of rotatable bonds is 5. The van der Waals surface area contributed by atoms with E-state index >= 15 is 0 Å². The Balaban J connectivity index is 1.59. The molecule has 4 N–H and O–H groups in total. The van der Waals surface area contributed by atoms with Crippen LogP contribution in [0.4, 0.5) is 24.7 Å². The van der Waals surface area contributed by atoms with Gasteiger partial charge in [-0.15, -0.1) is 0 Å². The third-order valence-corrected chi connectivity index (χ3v) is 5.66. The van der Waals surface area contributed by atoms with Gasteiger partial charge in [-0.25, -0.2) is 4.98 Å². The van der Waals surface area contributed by atoms with E-state index in [9.17, 15) is 22.8 Å². The van der Waals surface area contributed by atoms with E-state index < -0.39 is 18.6 Å². The Kier molecular flexibility index (Phi) is 5.87. The van der Waals surface area contributed by atoms with E-state index in [4.69, 9.17) is 11.0 Å². The molecule has 34 heavy (non-hydrogen) atoms.